The van der Waals surface area contributed by atoms with Crippen molar-refractivity contribution in [3.8, 4) is 0 Å². The second-order valence-corrected chi connectivity index (χ2v) is 9.16. The Morgan fingerprint density at radius 3 is 2.23 bits per heavy atom. The molecule has 1 aliphatic rings. The minimum absolute atomic E-state index is 0.213. The van der Waals surface area contributed by atoms with Crippen molar-refractivity contribution in [1.29, 1.82) is 0 Å². The highest BCUT2D eigenvalue weighted by Crippen LogP contribution is 2.17. The monoisotopic (exact) mass is 389 g/mol. The summed E-state index contributed by atoms with van der Waals surface area (Å²) >= 11 is 0. The average molecular weight is 390 g/mol. The predicted molar refractivity (Wildman–Crippen MR) is 102 cm³/mol. The van der Waals surface area contributed by atoms with Gasteiger partial charge in [-0.2, -0.15) is 0 Å². The molecule has 0 amide bonds. The fraction of sp³-hybridized carbons (Fsp3) is 0.778. The first-order chi connectivity index (χ1) is 12.5. The molecule has 0 aromatic carbocycles. The van der Waals surface area contributed by atoms with Gasteiger partial charge in [0.25, 0.3) is 0 Å². The van der Waals surface area contributed by atoms with Crippen molar-refractivity contribution in [3.05, 3.63) is 12.2 Å². The number of hydrogen-bond donors (Lipinski definition) is 1. The van der Waals surface area contributed by atoms with E-state index in [2.05, 4.69) is 11.7 Å². The van der Waals surface area contributed by atoms with E-state index in [0.29, 0.717) is 6.54 Å². The highest BCUT2D eigenvalue weighted by Gasteiger charge is 2.36. The molecule has 1 unspecified atom stereocenters. The molecule has 1 aliphatic heterocycles. The van der Waals surface area contributed by atoms with Crippen molar-refractivity contribution in [2.45, 2.75) is 57.9 Å². The summed E-state index contributed by atoms with van der Waals surface area (Å²) in [6.07, 6.45) is 10.7. The van der Waals surface area contributed by atoms with E-state index in [1.165, 1.54) is 19.3 Å². The van der Waals surface area contributed by atoms with Crippen LogP contribution in [-0.2, 0) is 27.6 Å². The number of nitrogens with two attached hydrogens (primary N) is 1. The normalized spacial score (nSPS) is 17.3. The van der Waals surface area contributed by atoms with Crippen molar-refractivity contribution >= 4 is 20.7 Å². The van der Waals surface area contributed by atoms with E-state index in [9.17, 15) is 9.59 Å². The molecule has 0 radical (unpaired) electrons. The largest absolute Gasteiger partial charge is 0.500 e. The van der Waals surface area contributed by atoms with Gasteiger partial charge in [-0.1, -0.05) is 38.3 Å². The molecule has 0 bridgehead atoms. The topological polar surface area (TPSA) is 97.1 Å². The van der Waals surface area contributed by atoms with Crippen molar-refractivity contribution in [3.63, 3.8) is 0 Å². The fourth-order valence-corrected chi connectivity index (χ4v) is 4.21. The van der Waals surface area contributed by atoms with Crippen molar-refractivity contribution in [1.82, 2.24) is 0 Å². The van der Waals surface area contributed by atoms with E-state index in [1.54, 1.807) is 27.4 Å². The highest BCUT2D eigenvalue weighted by atomic mass is 28.4. The van der Waals surface area contributed by atoms with E-state index in [1.807, 2.05) is 6.08 Å². The number of carbonyl (C=O) groups excluding carboxylic acids is 2. The smallest absolute Gasteiger partial charge is 0.393 e. The van der Waals surface area contributed by atoms with Crippen molar-refractivity contribution < 1.29 is 27.6 Å². The van der Waals surface area contributed by atoms with Gasteiger partial charge in [0.05, 0.1) is 12.3 Å². The van der Waals surface area contributed by atoms with E-state index in [0.717, 1.165) is 25.3 Å². The Bertz CT molecular complexity index is 418. The van der Waals surface area contributed by atoms with Gasteiger partial charge in [0, 0.05) is 27.4 Å². The van der Waals surface area contributed by atoms with Crippen LogP contribution in [0.5, 0.6) is 0 Å². The van der Waals surface area contributed by atoms with Crippen LogP contribution in [-0.4, -0.2) is 48.6 Å². The Balaban J connectivity index is 0.000000508. The zero-order valence-corrected chi connectivity index (χ0v) is 17.6. The van der Waals surface area contributed by atoms with Crippen molar-refractivity contribution in [2.24, 2.45) is 11.7 Å². The first-order valence-electron chi connectivity index (χ1n) is 9.25. The molecule has 1 rings (SSSR count). The van der Waals surface area contributed by atoms with E-state index < -0.39 is 20.7 Å². The van der Waals surface area contributed by atoms with Crippen LogP contribution in [0.15, 0.2) is 12.2 Å². The fourth-order valence-electron chi connectivity index (χ4n) is 2.46. The molecule has 0 spiro atoms. The SMILES string of the molecule is CCCCCCC=CC1CC(=O)OC1=O.CO[Si](CCCN)(OC)OC. The first-order valence-corrected chi connectivity index (χ1v) is 11.2. The summed E-state index contributed by atoms with van der Waals surface area (Å²) in [4.78, 5) is 21.8. The number of cyclic esters (lactones) is 2. The average Bonchev–Trinajstić information content (AvgIpc) is 2.97. The predicted octanol–water partition coefficient (Wildman–Crippen LogP) is 2.82. The van der Waals surface area contributed by atoms with E-state index >= 15 is 0 Å². The molecule has 2 N–H and O–H groups in total. The second kappa shape index (κ2) is 15.0. The van der Waals surface area contributed by atoms with Crippen LogP contribution in [0.3, 0.4) is 0 Å². The second-order valence-electron chi connectivity index (χ2n) is 6.07. The quantitative estimate of drug-likeness (QED) is 0.180. The van der Waals surface area contributed by atoms with Crippen LogP contribution in [0.25, 0.3) is 0 Å². The van der Waals surface area contributed by atoms with E-state index in [-0.39, 0.29) is 12.3 Å². The Morgan fingerprint density at radius 1 is 1.12 bits per heavy atom. The molecule has 0 aliphatic carbocycles. The summed E-state index contributed by atoms with van der Waals surface area (Å²) < 4.78 is 20.0. The number of hydrogen-bond acceptors (Lipinski definition) is 7. The lowest BCUT2D eigenvalue weighted by Gasteiger charge is -2.23. The van der Waals surface area contributed by atoms with Crippen LogP contribution in [0, 0.1) is 5.92 Å². The van der Waals surface area contributed by atoms with Crippen LogP contribution < -0.4 is 5.73 Å². The highest BCUT2D eigenvalue weighted by molar-refractivity contribution is 6.60. The Hall–Kier alpha value is -1.06. The number of ether oxygens (including phenoxy) is 1. The van der Waals surface area contributed by atoms with Crippen LogP contribution >= 0.6 is 0 Å². The third-order valence-electron chi connectivity index (χ3n) is 4.12. The molecule has 1 heterocycles. The van der Waals surface area contributed by atoms with Crippen LogP contribution in [0.4, 0.5) is 0 Å². The molecule has 8 heteroatoms. The van der Waals surface area contributed by atoms with Crippen molar-refractivity contribution in [2.75, 3.05) is 27.9 Å². The third-order valence-corrected chi connectivity index (χ3v) is 6.95. The van der Waals surface area contributed by atoms with Gasteiger partial charge < -0.3 is 23.7 Å². The summed E-state index contributed by atoms with van der Waals surface area (Å²) in [6, 6.07) is 0.785. The molecule has 26 heavy (non-hydrogen) atoms. The Kier molecular flexibility index (Phi) is 14.4. The van der Waals surface area contributed by atoms with Gasteiger partial charge in [-0.05, 0) is 25.8 Å². The number of esters is 2. The Morgan fingerprint density at radius 2 is 1.77 bits per heavy atom. The molecule has 0 aromatic heterocycles. The molecular formula is C18H35NO6Si. The minimum atomic E-state index is -2.32. The van der Waals surface area contributed by atoms with Crippen LogP contribution in [0.2, 0.25) is 6.04 Å². The zero-order valence-electron chi connectivity index (χ0n) is 16.6. The molecular weight excluding hydrogens is 354 g/mol. The zero-order chi connectivity index (χ0) is 19.8. The maximum absolute atomic E-state index is 11.1. The van der Waals surface area contributed by atoms with Gasteiger partial charge in [-0.15, -0.1) is 0 Å². The molecule has 1 atom stereocenters. The lowest BCUT2D eigenvalue weighted by molar-refractivity contribution is -0.152. The van der Waals surface area contributed by atoms with Crippen LogP contribution in [0.1, 0.15) is 51.9 Å². The molecule has 1 saturated heterocycles. The Labute approximate surface area is 158 Å². The maximum Gasteiger partial charge on any atom is 0.500 e. The van der Waals surface area contributed by atoms with Gasteiger partial charge in [-0.25, -0.2) is 0 Å². The van der Waals surface area contributed by atoms with Gasteiger partial charge in [-0.3, -0.25) is 9.59 Å². The third kappa shape index (κ3) is 10.2. The first kappa shape index (κ1) is 24.9. The number of allylic oxidation sites excluding steroid dienone is 1. The maximum atomic E-state index is 11.1. The van der Waals surface area contributed by atoms with Gasteiger partial charge >= 0.3 is 20.7 Å². The molecule has 1 fully saturated rings. The molecule has 7 nitrogen and oxygen atoms in total. The van der Waals surface area contributed by atoms with Gasteiger partial charge in [0.2, 0.25) is 0 Å². The standard InChI is InChI=1S/C12H18O3.C6H17NO3Si/c1-2-3-4-5-6-7-8-10-9-11(13)15-12(10)14;1-8-11(9-2,10-3)6-4-5-7/h7-8,10H,2-6,9H2,1H3;4-7H2,1-3H3. The summed E-state index contributed by atoms with van der Waals surface area (Å²) in [5.41, 5.74) is 5.36. The van der Waals surface area contributed by atoms with Gasteiger partial charge in [0.1, 0.15) is 0 Å². The lowest BCUT2D eigenvalue weighted by Crippen LogP contribution is -2.42. The van der Waals surface area contributed by atoms with Gasteiger partial charge in [0.15, 0.2) is 0 Å². The number of carbonyl (C=O) groups is 2. The molecule has 0 saturated carbocycles. The lowest BCUT2D eigenvalue weighted by atomic mass is 10.1. The minimum Gasteiger partial charge on any atom is -0.393 e. The number of unbranched alkanes of at least 4 members (excludes halogenated alkanes) is 4. The summed E-state index contributed by atoms with van der Waals surface area (Å²) in [7, 11) is 2.50. The van der Waals surface area contributed by atoms with E-state index in [4.69, 9.17) is 19.0 Å². The summed E-state index contributed by atoms with van der Waals surface area (Å²) in [5.74, 6) is -1.13. The molecule has 152 valence electrons. The summed E-state index contributed by atoms with van der Waals surface area (Å²) in [6.45, 7) is 2.82. The summed E-state index contributed by atoms with van der Waals surface area (Å²) in [5, 5.41) is 0. The molecule has 0 aromatic rings. The number of rotatable bonds is 12.